The van der Waals surface area contributed by atoms with E-state index in [4.69, 9.17) is 0 Å². The van der Waals surface area contributed by atoms with Crippen LogP contribution in [0, 0.1) is 10.1 Å². The molecular weight excluding hydrogens is 322 g/mol. The van der Waals surface area contributed by atoms with Gasteiger partial charge in [0.1, 0.15) is 0 Å². The van der Waals surface area contributed by atoms with Crippen molar-refractivity contribution in [1.29, 1.82) is 0 Å². The monoisotopic (exact) mass is 343 g/mol. The van der Waals surface area contributed by atoms with E-state index >= 15 is 0 Å². The van der Waals surface area contributed by atoms with Gasteiger partial charge in [0.15, 0.2) is 0 Å². The quantitative estimate of drug-likeness (QED) is 0.429. The van der Waals surface area contributed by atoms with Gasteiger partial charge in [-0.05, 0) is 24.8 Å². The molecule has 0 atom stereocenters. The molecule has 1 heterocycles. The number of aromatic nitrogens is 1. The molecule has 7 nitrogen and oxygen atoms in total. The van der Waals surface area contributed by atoms with Crippen LogP contribution in [0.2, 0.25) is 0 Å². The number of benzene rings is 1. The van der Waals surface area contributed by atoms with Crippen molar-refractivity contribution >= 4 is 11.6 Å². The molecular formula is C18H21N3O4. The SMILES string of the molecule is O=C(CCc1ccccc1)NCCCCn1cc([N+](=O)[O-])ccc1=O. The number of amides is 1. The fraction of sp³-hybridized carbons (Fsp3) is 0.333. The minimum Gasteiger partial charge on any atom is -0.356 e. The summed E-state index contributed by atoms with van der Waals surface area (Å²) in [5.74, 6) is -0.00336. The van der Waals surface area contributed by atoms with Crippen LogP contribution in [-0.2, 0) is 17.8 Å². The molecule has 1 N–H and O–H groups in total. The van der Waals surface area contributed by atoms with E-state index in [2.05, 4.69) is 5.32 Å². The third-order valence-corrected chi connectivity index (χ3v) is 3.81. The minimum absolute atomic E-state index is 0.00336. The van der Waals surface area contributed by atoms with E-state index in [1.165, 1.54) is 22.9 Å². The summed E-state index contributed by atoms with van der Waals surface area (Å²) in [5.41, 5.74) is 0.758. The zero-order chi connectivity index (χ0) is 18.1. The highest BCUT2D eigenvalue weighted by atomic mass is 16.6. The molecule has 0 unspecified atom stereocenters. The molecule has 0 saturated carbocycles. The van der Waals surface area contributed by atoms with Crippen molar-refractivity contribution in [3.05, 3.63) is 74.7 Å². The van der Waals surface area contributed by atoms with Crippen LogP contribution >= 0.6 is 0 Å². The zero-order valence-corrected chi connectivity index (χ0v) is 13.9. The number of pyridine rings is 1. The smallest absolute Gasteiger partial charge is 0.285 e. The average Bonchev–Trinajstić information content (AvgIpc) is 2.61. The summed E-state index contributed by atoms with van der Waals surface area (Å²) in [4.78, 5) is 33.6. The van der Waals surface area contributed by atoms with Gasteiger partial charge in [-0.2, -0.15) is 0 Å². The molecule has 7 heteroatoms. The predicted molar refractivity (Wildman–Crippen MR) is 94.4 cm³/mol. The molecule has 0 spiro atoms. The lowest BCUT2D eigenvalue weighted by Crippen LogP contribution is -2.25. The number of unbranched alkanes of at least 4 members (excludes halogenated alkanes) is 1. The number of nitro groups is 1. The molecule has 0 saturated heterocycles. The van der Waals surface area contributed by atoms with Crippen LogP contribution in [0.1, 0.15) is 24.8 Å². The van der Waals surface area contributed by atoms with E-state index in [1.807, 2.05) is 30.3 Å². The average molecular weight is 343 g/mol. The lowest BCUT2D eigenvalue weighted by atomic mass is 10.1. The third kappa shape index (κ3) is 6.21. The molecule has 0 bridgehead atoms. The summed E-state index contributed by atoms with van der Waals surface area (Å²) in [6.45, 7) is 0.914. The normalized spacial score (nSPS) is 10.4. The molecule has 0 aliphatic carbocycles. The van der Waals surface area contributed by atoms with E-state index in [-0.39, 0.29) is 17.2 Å². The summed E-state index contributed by atoms with van der Waals surface area (Å²) in [5, 5.41) is 13.6. The molecule has 2 rings (SSSR count). The molecule has 2 aromatic rings. The fourth-order valence-electron chi connectivity index (χ4n) is 2.43. The molecule has 25 heavy (non-hydrogen) atoms. The second kappa shape index (κ2) is 9.36. The Balaban J connectivity index is 1.66. The van der Waals surface area contributed by atoms with Gasteiger partial charge in [-0.3, -0.25) is 19.7 Å². The van der Waals surface area contributed by atoms with Crippen LogP contribution in [0.15, 0.2) is 53.5 Å². The Labute approximate surface area is 145 Å². The summed E-state index contributed by atoms with van der Waals surface area (Å²) in [6.07, 6.45) is 3.75. The molecule has 0 radical (unpaired) electrons. The lowest BCUT2D eigenvalue weighted by molar-refractivity contribution is -0.385. The highest BCUT2D eigenvalue weighted by molar-refractivity contribution is 5.76. The molecule has 0 fully saturated rings. The molecule has 0 aliphatic heterocycles. The maximum Gasteiger partial charge on any atom is 0.285 e. The maximum absolute atomic E-state index is 11.8. The predicted octanol–water partition coefficient (Wildman–Crippen LogP) is 2.29. The van der Waals surface area contributed by atoms with Gasteiger partial charge in [0.25, 0.3) is 11.2 Å². The van der Waals surface area contributed by atoms with Crippen LogP contribution in [-0.4, -0.2) is 21.9 Å². The fourth-order valence-corrected chi connectivity index (χ4v) is 2.43. The largest absolute Gasteiger partial charge is 0.356 e. The number of aryl methyl sites for hydroxylation is 2. The topological polar surface area (TPSA) is 94.2 Å². The van der Waals surface area contributed by atoms with Crippen molar-refractivity contribution in [3.8, 4) is 0 Å². The Hall–Kier alpha value is -2.96. The first-order chi connectivity index (χ1) is 12.1. The number of carbonyl (C=O) groups is 1. The highest BCUT2D eigenvalue weighted by Crippen LogP contribution is 2.07. The van der Waals surface area contributed by atoms with Crippen LogP contribution in [0.25, 0.3) is 0 Å². The Kier molecular flexibility index (Phi) is 6.88. The maximum atomic E-state index is 11.8. The van der Waals surface area contributed by atoms with Crippen molar-refractivity contribution in [3.63, 3.8) is 0 Å². The Morgan fingerprint density at radius 2 is 1.88 bits per heavy atom. The molecule has 0 aliphatic rings. The molecule has 1 amide bonds. The van der Waals surface area contributed by atoms with Gasteiger partial charge >= 0.3 is 0 Å². The third-order valence-electron chi connectivity index (χ3n) is 3.81. The van der Waals surface area contributed by atoms with Gasteiger partial charge in [-0.25, -0.2) is 0 Å². The minimum atomic E-state index is -0.525. The Morgan fingerprint density at radius 3 is 2.60 bits per heavy atom. The van der Waals surface area contributed by atoms with E-state index in [0.29, 0.717) is 38.8 Å². The molecule has 1 aromatic heterocycles. The van der Waals surface area contributed by atoms with E-state index in [9.17, 15) is 19.7 Å². The zero-order valence-electron chi connectivity index (χ0n) is 13.9. The van der Waals surface area contributed by atoms with Crippen molar-refractivity contribution < 1.29 is 9.72 Å². The van der Waals surface area contributed by atoms with Gasteiger partial charge in [0.2, 0.25) is 5.91 Å². The Morgan fingerprint density at radius 1 is 1.12 bits per heavy atom. The second-order valence-corrected chi connectivity index (χ2v) is 5.72. The molecule has 132 valence electrons. The second-order valence-electron chi connectivity index (χ2n) is 5.72. The van der Waals surface area contributed by atoms with Crippen LogP contribution in [0.4, 0.5) is 5.69 Å². The summed E-state index contributed by atoms with van der Waals surface area (Å²) in [7, 11) is 0. The first kappa shape index (κ1) is 18.4. The molecule has 1 aromatic carbocycles. The van der Waals surface area contributed by atoms with E-state index in [0.717, 1.165) is 5.56 Å². The number of hydrogen-bond donors (Lipinski definition) is 1. The standard InChI is InChI=1S/C18H21N3O4/c22-17(10-8-15-6-2-1-3-7-15)19-12-4-5-13-20-14-16(21(24)25)9-11-18(20)23/h1-3,6-7,9,11,14H,4-5,8,10,12-13H2,(H,19,22). The van der Waals surface area contributed by atoms with Crippen LogP contribution in [0.3, 0.4) is 0 Å². The highest BCUT2D eigenvalue weighted by Gasteiger charge is 2.07. The van der Waals surface area contributed by atoms with Gasteiger partial charge in [-0.15, -0.1) is 0 Å². The summed E-state index contributed by atoms with van der Waals surface area (Å²) < 4.78 is 1.33. The lowest BCUT2D eigenvalue weighted by Gasteiger charge is -2.07. The van der Waals surface area contributed by atoms with Crippen molar-refractivity contribution in [2.24, 2.45) is 0 Å². The number of rotatable bonds is 9. The summed E-state index contributed by atoms with van der Waals surface area (Å²) in [6, 6.07) is 12.2. The number of nitrogens with zero attached hydrogens (tertiary/aromatic N) is 2. The summed E-state index contributed by atoms with van der Waals surface area (Å²) >= 11 is 0. The van der Waals surface area contributed by atoms with Gasteiger partial charge < -0.3 is 9.88 Å². The van der Waals surface area contributed by atoms with Gasteiger partial charge in [-0.1, -0.05) is 30.3 Å². The van der Waals surface area contributed by atoms with Crippen LogP contribution < -0.4 is 10.9 Å². The van der Waals surface area contributed by atoms with E-state index in [1.54, 1.807) is 0 Å². The number of nitrogens with one attached hydrogen (secondary N) is 1. The Bertz CT molecular complexity index is 771. The number of hydrogen-bond acceptors (Lipinski definition) is 4. The van der Waals surface area contributed by atoms with Gasteiger partial charge in [0, 0.05) is 31.6 Å². The van der Waals surface area contributed by atoms with Crippen molar-refractivity contribution in [1.82, 2.24) is 9.88 Å². The first-order valence-electron chi connectivity index (χ1n) is 8.22. The van der Waals surface area contributed by atoms with Crippen molar-refractivity contribution in [2.45, 2.75) is 32.2 Å². The van der Waals surface area contributed by atoms with Gasteiger partial charge in [0.05, 0.1) is 11.1 Å². The number of carbonyl (C=O) groups excluding carboxylic acids is 1. The van der Waals surface area contributed by atoms with Crippen LogP contribution in [0.5, 0.6) is 0 Å². The van der Waals surface area contributed by atoms with E-state index < -0.39 is 4.92 Å². The van der Waals surface area contributed by atoms with Crippen molar-refractivity contribution in [2.75, 3.05) is 6.54 Å². The first-order valence-corrected chi connectivity index (χ1v) is 8.22.